The maximum Gasteiger partial charge on any atom is 0.336 e. The van der Waals surface area contributed by atoms with Crippen LogP contribution in [0.25, 0.3) is 16.6 Å². The van der Waals surface area contributed by atoms with Crippen LogP contribution in [0.15, 0.2) is 58.1 Å². The molecule has 0 aliphatic heterocycles. The Morgan fingerprint density at radius 2 is 1.88 bits per heavy atom. The highest BCUT2D eigenvalue weighted by molar-refractivity contribution is 6.30. The molecule has 0 aliphatic rings. The van der Waals surface area contributed by atoms with Gasteiger partial charge in [0, 0.05) is 5.02 Å². The fourth-order valence-electron chi connectivity index (χ4n) is 2.89. The summed E-state index contributed by atoms with van der Waals surface area (Å²) in [6.07, 6.45) is 0.201. The first-order valence-corrected chi connectivity index (χ1v) is 8.08. The number of benzene rings is 2. The molecule has 0 radical (unpaired) electrons. The zero-order valence-electron chi connectivity index (χ0n) is 13.3. The molecule has 0 aliphatic carbocycles. The molecule has 3 rings (SSSR count). The summed E-state index contributed by atoms with van der Waals surface area (Å²) < 4.78 is 2.11. The number of aliphatic carboxylic acids is 1. The number of rotatable bonds is 4. The second-order valence-corrected chi connectivity index (χ2v) is 5.99. The average molecular weight is 359 g/mol. The van der Waals surface area contributed by atoms with Crippen molar-refractivity contribution in [3.05, 3.63) is 74.4 Å². The minimum atomic E-state index is -1.13. The van der Waals surface area contributed by atoms with Gasteiger partial charge in [-0.2, -0.15) is 0 Å². The van der Waals surface area contributed by atoms with Crippen molar-refractivity contribution < 1.29 is 9.90 Å². The Bertz CT molecular complexity index is 1080. The van der Waals surface area contributed by atoms with Crippen LogP contribution < -0.4 is 11.2 Å². The summed E-state index contributed by atoms with van der Waals surface area (Å²) in [6, 6.07) is 11.7. The van der Waals surface area contributed by atoms with E-state index >= 15 is 0 Å². The molecule has 0 saturated heterocycles. The third kappa shape index (κ3) is 2.85. The van der Waals surface area contributed by atoms with Crippen LogP contribution in [-0.2, 0) is 4.79 Å². The molecular weight excluding hydrogens is 344 g/mol. The van der Waals surface area contributed by atoms with Crippen LogP contribution in [-0.4, -0.2) is 20.2 Å². The predicted molar refractivity (Wildman–Crippen MR) is 95.8 cm³/mol. The summed E-state index contributed by atoms with van der Waals surface area (Å²) in [5, 5.41) is 10.2. The van der Waals surface area contributed by atoms with Crippen molar-refractivity contribution in [2.24, 2.45) is 0 Å². The molecule has 0 fully saturated rings. The quantitative estimate of drug-likeness (QED) is 0.777. The Kier molecular flexibility index (Phi) is 4.46. The Balaban J connectivity index is 2.50. The molecule has 3 aromatic rings. The molecule has 2 aromatic carbocycles. The second kappa shape index (κ2) is 6.57. The topological polar surface area (TPSA) is 81.3 Å². The fourth-order valence-corrected chi connectivity index (χ4v) is 3.08. The van der Waals surface area contributed by atoms with Crippen molar-refractivity contribution in [2.75, 3.05) is 0 Å². The van der Waals surface area contributed by atoms with E-state index in [4.69, 9.17) is 11.6 Å². The van der Waals surface area contributed by atoms with E-state index in [1.54, 1.807) is 49.4 Å². The molecule has 1 N–H and O–H groups in total. The molecule has 25 heavy (non-hydrogen) atoms. The number of hydrogen-bond acceptors (Lipinski definition) is 3. The fraction of sp³-hybridized carbons (Fsp3) is 0.167. The lowest BCUT2D eigenvalue weighted by molar-refractivity contribution is -0.141. The van der Waals surface area contributed by atoms with Gasteiger partial charge in [-0.3, -0.25) is 9.36 Å². The van der Waals surface area contributed by atoms with Gasteiger partial charge in [0.1, 0.15) is 6.04 Å². The molecule has 1 heterocycles. The van der Waals surface area contributed by atoms with Crippen LogP contribution in [0, 0.1) is 0 Å². The molecule has 6 nitrogen and oxygen atoms in total. The molecule has 7 heteroatoms. The van der Waals surface area contributed by atoms with Crippen LogP contribution in [0.2, 0.25) is 5.02 Å². The number of hydrogen-bond donors (Lipinski definition) is 1. The van der Waals surface area contributed by atoms with Gasteiger partial charge in [0.2, 0.25) is 0 Å². The van der Waals surface area contributed by atoms with Gasteiger partial charge in [0.05, 0.1) is 16.6 Å². The van der Waals surface area contributed by atoms with E-state index in [9.17, 15) is 19.5 Å². The first kappa shape index (κ1) is 17.0. The van der Waals surface area contributed by atoms with Crippen molar-refractivity contribution in [3.8, 4) is 5.69 Å². The van der Waals surface area contributed by atoms with E-state index in [1.165, 1.54) is 6.07 Å². The summed E-state index contributed by atoms with van der Waals surface area (Å²) in [5.74, 6) is -1.13. The summed E-state index contributed by atoms with van der Waals surface area (Å²) in [4.78, 5) is 37.5. The SMILES string of the molecule is CCC(C(=O)O)n1c(=O)n(-c2cccc(Cl)c2)c(=O)c2ccccc21. The van der Waals surface area contributed by atoms with Gasteiger partial charge in [-0.15, -0.1) is 0 Å². The highest BCUT2D eigenvalue weighted by Crippen LogP contribution is 2.18. The Labute approximate surface area is 147 Å². The third-order valence-electron chi connectivity index (χ3n) is 4.04. The van der Waals surface area contributed by atoms with Crippen LogP contribution in [0.5, 0.6) is 0 Å². The van der Waals surface area contributed by atoms with E-state index in [-0.39, 0.29) is 11.8 Å². The Morgan fingerprint density at radius 3 is 2.52 bits per heavy atom. The summed E-state index contributed by atoms with van der Waals surface area (Å²) in [7, 11) is 0. The maximum absolute atomic E-state index is 13.0. The molecule has 128 valence electrons. The third-order valence-corrected chi connectivity index (χ3v) is 4.28. The molecule has 1 atom stereocenters. The number of carboxylic acid groups (broad SMARTS) is 1. The lowest BCUT2D eigenvalue weighted by Gasteiger charge is -2.19. The normalized spacial score (nSPS) is 12.2. The molecular formula is C18H15ClN2O4. The summed E-state index contributed by atoms with van der Waals surface area (Å²) in [5.41, 5.74) is -0.633. The van der Waals surface area contributed by atoms with Gasteiger partial charge in [0.15, 0.2) is 0 Å². The number of fused-ring (bicyclic) bond motifs is 1. The standard InChI is InChI=1S/C18H15ClN2O4/c1-2-14(17(23)24)21-15-9-4-3-8-13(15)16(22)20(18(21)25)12-7-5-6-11(19)10-12/h3-10,14H,2H2,1H3,(H,23,24). The van der Waals surface area contributed by atoms with E-state index in [0.717, 1.165) is 9.13 Å². The lowest BCUT2D eigenvalue weighted by atomic mass is 10.1. The van der Waals surface area contributed by atoms with Crippen molar-refractivity contribution in [1.82, 2.24) is 9.13 Å². The predicted octanol–water partition coefficient (Wildman–Crippen LogP) is 2.84. The van der Waals surface area contributed by atoms with Crippen LogP contribution >= 0.6 is 11.6 Å². The van der Waals surface area contributed by atoms with Gasteiger partial charge in [-0.25, -0.2) is 14.2 Å². The molecule has 0 spiro atoms. The molecule has 0 saturated carbocycles. The van der Waals surface area contributed by atoms with Crippen molar-refractivity contribution in [1.29, 1.82) is 0 Å². The molecule has 1 aromatic heterocycles. The second-order valence-electron chi connectivity index (χ2n) is 5.55. The smallest absolute Gasteiger partial charge is 0.336 e. The Morgan fingerprint density at radius 1 is 1.16 bits per heavy atom. The number of aromatic nitrogens is 2. The van der Waals surface area contributed by atoms with Crippen molar-refractivity contribution in [2.45, 2.75) is 19.4 Å². The number of carboxylic acids is 1. The van der Waals surface area contributed by atoms with Crippen LogP contribution in [0.4, 0.5) is 0 Å². The lowest BCUT2D eigenvalue weighted by Crippen LogP contribution is -2.42. The highest BCUT2D eigenvalue weighted by atomic mass is 35.5. The van der Waals surface area contributed by atoms with Crippen molar-refractivity contribution in [3.63, 3.8) is 0 Å². The number of para-hydroxylation sites is 1. The van der Waals surface area contributed by atoms with Crippen LogP contribution in [0.3, 0.4) is 0 Å². The minimum absolute atomic E-state index is 0.201. The first-order valence-electron chi connectivity index (χ1n) is 7.70. The van der Waals surface area contributed by atoms with Gasteiger partial charge in [-0.05, 0) is 36.8 Å². The van der Waals surface area contributed by atoms with E-state index < -0.39 is 23.3 Å². The Hall–Kier alpha value is -2.86. The molecule has 1 unspecified atom stereocenters. The van der Waals surface area contributed by atoms with E-state index in [0.29, 0.717) is 16.2 Å². The van der Waals surface area contributed by atoms with E-state index in [2.05, 4.69) is 0 Å². The first-order chi connectivity index (χ1) is 12.0. The van der Waals surface area contributed by atoms with Gasteiger partial charge >= 0.3 is 11.7 Å². The largest absolute Gasteiger partial charge is 0.480 e. The zero-order valence-corrected chi connectivity index (χ0v) is 14.1. The number of halogens is 1. The van der Waals surface area contributed by atoms with Crippen LogP contribution in [0.1, 0.15) is 19.4 Å². The minimum Gasteiger partial charge on any atom is -0.480 e. The summed E-state index contributed by atoms with van der Waals surface area (Å²) >= 11 is 5.98. The molecule has 0 amide bonds. The maximum atomic E-state index is 13.0. The molecule has 0 bridgehead atoms. The van der Waals surface area contributed by atoms with E-state index in [1.807, 2.05) is 0 Å². The average Bonchev–Trinajstić information content (AvgIpc) is 2.58. The number of nitrogens with zero attached hydrogens (tertiary/aromatic N) is 2. The van der Waals surface area contributed by atoms with Crippen molar-refractivity contribution >= 4 is 28.5 Å². The van der Waals surface area contributed by atoms with Gasteiger partial charge < -0.3 is 5.11 Å². The summed E-state index contributed by atoms with van der Waals surface area (Å²) in [6.45, 7) is 1.68. The zero-order chi connectivity index (χ0) is 18.1. The highest BCUT2D eigenvalue weighted by Gasteiger charge is 2.24. The number of carbonyl (C=O) groups is 1. The monoisotopic (exact) mass is 358 g/mol. The van der Waals surface area contributed by atoms with Gasteiger partial charge in [0.25, 0.3) is 5.56 Å². The van der Waals surface area contributed by atoms with Gasteiger partial charge in [-0.1, -0.05) is 36.7 Å².